The highest BCUT2D eigenvalue weighted by atomic mass is 35.5. The normalized spacial score (nSPS) is 15.0. The molecule has 1 aromatic carbocycles. The fourth-order valence-corrected chi connectivity index (χ4v) is 3.87. The second kappa shape index (κ2) is 8.53. The van der Waals surface area contributed by atoms with Crippen molar-refractivity contribution in [3.05, 3.63) is 80.3 Å². The lowest BCUT2D eigenvalue weighted by atomic mass is 10.1. The summed E-state index contributed by atoms with van der Waals surface area (Å²) in [5.41, 5.74) is 1.99. The van der Waals surface area contributed by atoms with Crippen LogP contribution in [0.1, 0.15) is 11.3 Å². The Labute approximate surface area is 178 Å². The maximum absolute atomic E-state index is 12.6. The van der Waals surface area contributed by atoms with Crippen molar-refractivity contribution in [2.24, 2.45) is 0 Å². The first-order chi connectivity index (χ1) is 14.0. The topological polar surface area (TPSA) is 57.9 Å². The van der Waals surface area contributed by atoms with Gasteiger partial charge in [-0.05, 0) is 23.8 Å². The van der Waals surface area contributed by atoms with E-state index in [2.05, 4.69) is 9.88 Å². The summed E-state index contributed by atoms with van der Waals surface area (Å²) >= 11 is 12.1. The van der Waals surface area contributed by atoms with Crippen LogP contribution in [-0.4, -0.2) is 51.3 Å². The summed E-state index contributed by atoms with van der Waals surface area (Å²) in [6, 6.07) is 12.4. The Morgan fingerprint density at radius 3 is 2.55 bits per heavy atom. The quantitative estimate of drug-likeness (QED) is 0.638. The van der Waals surface area contributed by atoms with Crippen LogP contribution in [-0.2, 0) is 17.8 Å². The van der Waals surface area contributed by atoms with Crippen molar-refractivity contribution in [3.8, 4) is 0 Å². The molecule has 0 atom stereocenters. The van der Waals surface area contributed by atoms with E-state index in [0.29, 0.717) is 47.4 Å². The van der Waals surface area contributed by atoms with Crippen LogP contribution in [0, 0.1) is 0 Å². The molecule has 1 amide bonds. The van der Waals surface area contributed by atoms with Crippen LogP contribution >= 0.6 is 23.2 Å². The van der Waals surface area contributed by atoms with Gasteiger partial charge in [-0.15, -0.1) is 0 Å². The van der Waals surface area contributed by atoms with E-state index in [1.807, 2.05) is 23.1 Å². The number of nitrogens with zero attached hydrogens (tertiary/aromatic N) is 4. The Morgan fingerprint density at radius 2 is 1.79 bits per heavy atom. The van der Waals surface area contributed by atoms with Crippen molar-refractivity contribution in [1.82, 2.24) is 19.2 Å². The number of aromatic nitrogens is 2. The SMILES string of the molecule is O=C(Cc1ccccc1Cl)N1CCN(Cc2cc(=O)n3cc(Cl)ccc3n2)CC1. The molecule has 0 unspecified atom stereocenters. The van der Waals surface area contributed by atoms with Gasteiger partial charge in [-0.3, -0.25) is 18.9 Å². The first-order valence-corrected chi connectivity index (χ1v) is 10.2. The van der Waals surface area contributed by atoms with E-state index in [0.717, 1.165) is 18.7 Å². The third-order valence-electron chi connectivity index (χ3n) is 5.09. The second-order valence-corrected chi connectivity index (χ2v) is 7.93. The van der Waals surface area contributed by atoms with Crippen LogP contribution in [0.15, 0.2) is 53.5 Å². The van der Waals surface area contributed by atoms with Gasteiger partial charge in [0.25, 0.3) is 5.56 Å². The number of benzene rings is 1. The molecule has 0 N–H and O–H groups in total. The summed E-state index contributed by atoms with van der Waals surface area (Å²) in [4.78, 5) is 33.5. The van der Waals surface area contributed by atoms with Crippen LogP contribution in [0.5, 0.6) is 0 Å². The van der Waals surface area contributed by atoms with Crippen molar-refractivity contribution in [2.45, 2.75) is 13.0 Å². The fourth-order valence-electron chi connectivity index (χ4n) is 3.51. The van der Waals surface area contributed by atoms with Crippen molar-refractivity contribution in [1.29, 1.82) is 0 Å². The van der Waals surface area contributed by atoms with Gasteiger partial charge in [-0.2, -0.15) is 0 Å². The van der Waals surface area contributed by atoms with Crippen molar-refractivity contribution in [3.63, 3.8) is 0 Å². The Morgan fingerprint density at radius 1 is 1.03 bits per heavy atom. The third kappa shape index (κ3) is 4.61. The van der Waals surface area contributed by atoms with Gasteiger partial charge in [0.1, 0.15) is 5.65 Å². The molecule has 0 spiro atoms. The molecule has 1 aliphatic rings. The molecule has 0 bridgehead atoms. The zero-order valence-corrected chi connectivity index (χ0v) is 17.2. The summed E-state index contributed by atoms with van der Waals surface area (Å²) < 4.78 is 1.44. The predicted molar refractivity (Wildman–Crippen MR) is 113 cm³/mol. The Bertz CT molecular complexity index is 1110. The van der Waals surface area contributed by atoms with Crippen LogP contribution in [0.25, 0.3) is 5.65 Å². The van der Waals surface area contributed by atoms with Gasteiger partial charge in [0.15, 0.2) is 0 Å². The third-order valence-corrected chi connectivity index (χ3v) is 5.68. The first-order valence-electron chi connectivity index (χ1n) is 9.41. The van der Waals surface area contributed by atoms with Gasteiger partial charge in [-0.1, -0.05) is 41.4 Å². The van der Waals surface area contributed by atoms with Crippen LogP contribution in [0.3, 0.4) is 0 Å². The van der Waals surface area contributed by atoms with Crippen molar-refractivity contribution in [2.75, 3.05) is 26.2 Å². The number of hydrogen-bond acceptors (Lipinski definition) is 4. The van der Waals surface area contributed by atoms with Crippen molar-refractivity contribution >= 4 is 34.8 Å². The van der Waals surface area contributed by atoms with E-state index in [9.17, 15) is 9.59 Å². The highest BCUT2D eigenvalue weighted by Gasteiger charge is 2.22. The summed E-state index contributed by atoms with van der Waals surface area (Å²) in [6.45, 7) is 3.32. The molecule has 1 aliphatic heterocycles. The molecular weight excluding hydrogens is 411 g/mol. The minimum Gasteiger partial charge on any atom is -0.340 e. The van der Waals surface area contributed by atoms with E-state index >= 15 is 0 Å². The first kappa shape index (κ1) is 19.9. The van der Waals surface area contributed by atoms with E-state index < -0.39 is 0 Å². The average molecular weight is 431 g/mol. The summed E-state index contributed by atoms with van der Waals surface area (Å²) in [5, 5.41) is 1.11. The van der Waals surface area contributed by atoms with Crippen LogP contribution in [0.4, 0.5) is 0 Å². The number of carbonyl (C=O) groups excluding carboxylic acids is 1. The molecule has 3 heterocycles. The number of rotatable bonds is 4. The molecule has 3 aromatic rings. The van der Waals surface area contributed by atoms with E-state index in [1.54, 1.807) is 24.4 Å². The second-order valence-electron chi connectivity index (χ2n) is 7.09. The van der Waals surface area contributed by atoms with Gasteiger partial charge in [0.2, 0.25) is 5.91 Å². The minimum absolute atomic E-state index is 0.0803. The lowest BCUT2D eigenvalue weighted by Gasteiger charge is -2.34. The largest absolute Gasteiger partial charge is 0.340 e. The van der Waals surface area contributed by atoms with Crippen LogP contribution in [0.2, 0.25) is 10.0 Å². The molecule has 1 saturated heterocycles. The molecule has 8 heteroatoms. The molecule has 6 nitrogen and oxygen atoms in total. The lowest BCUT2D eigenvalue weighted by Crippen LogP contribution is -2.48. The highest BCUT2D eigenvalue weighted by molar-refractivity contribution is 6.31. The predicted octanol–water partition coefficient (Wildman–Crippen LogP) is 2.89. The molecular formula is C21H20Cl2N4O2. The smallest absolute Gasteiger partial charge is 0.258 e. The highest BCUT2D eigenvalue weighted by Crippen LogP contribution is 2.17. The molecule has 2 aromatic heterocycles. The molecule has 1 fully saturated rings. The zero-order valence-electron chi connectivity index (χ0n) is 15.7. The number of fused-ring (bicyclic) bond motifs is 1. The number of pyridine rings is 1. The summed E-state index contributed by atoms with van der Waals surface area (Å²) in [5.74, 6) is 0.0803. The monoisotopic (exact) mass is 430 g/mol. The Balaban J connectivity index is 1.37. The Hall–Kier alpha value is -2.41. The summed E-state index contributed by atoms with van der Waals surface area (Å²) in [7, 11) is 0. The molecule has 0 aliphatic carbocycles. The number of piperazine rings is 1. The van der Waals surface area contributed by atoms with Gasteiger partial charge in [-0.25, -0.2) is 4.98 Å². The molecule has 0 radical (unpaired) electrons. The van der Waals surface area contributed by atoms with E-state index in [4.69, 9.17) is 23.2 Å². The lowest BCUT2D eigenvalue weighted by molar-refractivity contribution is -0.132. The number of halogens is 2. The van der Waals surface area contributed by atoms with Crippen molar-refractivity contribution < 1.29 is 4.79 Å². The number of carbonyl (C=O) groups is 1. The molecule has 4 rings (SSSR count). The van der Waals surface area contributed by atoms with Gasteiger partial charge < -0.3 is 4.90 Å². The maximum atomic E-state index is 12.6. The van der Waals surface area contributed by atoms with Gasteiger partial charge in [0.05, 0.1) is 17.1 Å². The molecule has 150 valence electrons. The number of hydrogen-bond donors (Lipinski definition) is 0. The minimum atomic E-state index is -0.152. The zero-order chi connectivity index (χ0) is 20.4. The molecule has 0 saturated carbocycles. The maximum Gasteiger partial charge on any atom is 0.258 e. The Kier molecular flexibility index (Phi) is 5.85. The standard InChI is InChI=1S/C21H20Cl2N4O2/c22-16-5-6-19-24-17(12-21(29)27(19)13-16)14-25-7-9-26(10-8-25)20(28)11-15-3-1-2-4-18(15)23/h1-6,12-13H,7-11,14H2. The molecule has 29 heavy (non-hydrogen) atoms. The van der Waals surface area contributed by atoms with Gasteiger partial charge in [0, 0.05) is 50.0 Å². The van der Waals surface area contributed by atoms with E-state index in [-0.39, 0.29) is 11.5 Å². The fraction of sp³-hybridized carbons (Fsp3) is 0.286. The number of amides is 1. The average Bonchev–Trinajstić information content (AvgIpc) is 2.71. The summed E-state index contributed by atoms with van der Waals surface area (Å²) in [6.07, 6.45) is 1.88. The van der Waals surface area contributed by atoms with Gasteiger partial charge >= 0.3 is 0 Å². The van der Waals surface area contributed by atoms with E-state index in [1.165, 1.54) is 10.5 Å². The van der Waals surface area contributed by atoms with Crippen LogP contribution < -0.4 is 5.56 Å².